The molecule has 0 saturated heterocycles. The molecule has 0 aliphatic carbocycles. The molecule has 7 nitrogen and oxygen atoms in total. The fraction of sp³-hybridized carbons (Fsp3) is 0.562. The largest absolute Gasteiger partial charge is 0.444 e. The monoisotopic (exact) mass is 353 g/mol. The number of hydrogen-bond acceptors (Lipinski definition) is 6. The number of ether oxygens (including phenoxy) is 1. The van der Waals surface area contributed by atoms with Crippen LogP contribution in [0.4, 0.5) is 16.2 Å². The Bertz CT molecular complexity index is 630. The number of hydrogen-bond donors (Lipinski definition) is 0. The Morgan fingerprint density at radius 2 is 2.17 bits per heavy atom. The van der Waals surface area contributed by atoms with Gasteiger partial charge in [-0.25, -0.2) is 4.79 Å². The summed E-state index contributed by atoms with van der Waals surface area (Å²) in [5.74, 6) is 0.865. The summed E-state index contributed by atoms with van der Waals surface area (Å²) in [4.78, 5) is 27.1. The molecular formula is C16H23N3O4S. The van der Waals surface area contributed by atoms with E-state index >= 15 is 0 Å². The number of carbonyl (C=O) groups excluding carboxylic acids is 1. The van der Waals surface area contributed by atoms with Crippen molar-refractivity contribution in [1.29, 1.82) is 0 Å². The van der Waals surface area contributed by atoms with Gasteiger partial charge in [0.25, 0.3) is 5.69 Å². The summed E-state index contributed by atoms with van der Waals surface area (Å²) in [5, 5.41) is 10.9. The van der Waals surface area contributed by atoms with E-state index < -0.39 is 5.60 Å². The number of nitro groups is 1. The predicted molar refractivity (Wildman–Crippen MR) is 94.9 cm³/mol. The van der Waals surface area contributed by atoms with Crippen molar-refractivity contribution in [1.82, 2.24) is 4.90 Å². The maximum absolute atomic E-state index is 12.0. The third kappa shape index (κ3) is 4.77. The molecule has 0 saturated carbocycles. The van der Waals surface area contributed by atoms with E-state index in [2.05, 4.69) is 4.90 Å². The van der Waals surface area contributed by atoms with Crippen molar-refractivity contribution in [2.75, 3.05) is 37.3 Å². The molecule has 0 bridgehead atoms. The van der Waals surface area contributed by atoms with E-state index in [0.29, 0.717) is 13.1 Å². The van der Waals surface area contributed by atoms with E-state index in [1.54, 1.807) is 35.8 Å². The lowest BCUT2D eigenvalue weighted by molar-refractivity contribution is -0.385. The number of carbonyl (C=O) groups is 1. The lowest BCUT2D eigenvalue weighted by Gasteiger charge is -2.32. The van der Waals surface area contributed by atoms with Crippen molar-refractivity contribution in [3.8, 4) is 0 Å². The Balaban J connectivity index is 2.00. The third-order valence-corrected chi connectivity index (χ3v) is 4.55. The van der Waals surface area contributed by atoms with Gasteiger partial charge in [-0.1, -0.05) is 0 Å². The average molecular weight is 353 g/mol. The van der Waals surface area contributed by atoms with Gasteiger partial charge in [-0.3, -0.25) is 10.1 Å². The molecule has 8 heteroatoms. The van der Waals surface area contributed by atoms with E-state index in [9.17, 15) is 14.9 Å². The summed E-state index contributed by atoms with van der Waals surface area (Å²) in [6, 6.07) is 4.92. The van der Waals surface area contributed by atoms with Crippen LogP contribution in [0.15, 0.2) is 23.1 Å². The van der Waals surface area contributed by atoms with Crippen LogP contribution in [0.3, 0.4) is 0 Å². The summed E-state index contributed by atoms with van der Waals surface area (Å²) in [6.45, 7) is 7.53. The van der Waals surface area contributed by atoms with Gasteiger partial charge in [-0.2, -0.15) is 0 Å². The van der Waals surface area contributed by atoms with Crippen molar-refractivity contribution < 1.29 is 14.5 Å². The smallest absolute Gasteiger partial charge is 0.410 e. The van der Waals surface area contributed by atoms with Crippen molar-refractivity contribution in [3.05, 3.63) is 28.3 Å². The molecule has 24 heavy (non-hydrogen) atoms. The first kappa shape index (κ1) is 18.4. The Labute approximate surface area is 146 Å². The molecule has 2 rings (SSSR count). The van der Waals surface area contributed by atoms with Gasteiger partial charge in [0.15, 0.2) is 0 Å². The number of thioether (sulfide) groups is 1. The van der Waals surface area contributed by atoms with Gasteiger partial charge in [-0.05, 0) is 26.8 Å². The highest BCUT2D eigenvalue weighted by atomic mass is 32.2. The number of nitrogens with zero attached hydrogens (tertiary/aromatic N) is 3. The molecule has 0 spiro atoms. The molecule has 0 radical (unpaired) electrons. The van der Waals surface area contributed by atoms with Crippen molar-refractivity contribution in [3.63, 3.8) is 0 Å². The molecular weight excluding hydrogens is 330 g/mol. The number of anilines is 1. The Hall–Kier alpha value is -1.96. The quantitative estimate of drug-likeness (QED) is 0.610. The summed E-state index contributed by atoms with van der Waals surface area (Å²) in [7, 11) is 1.71. The van der Waals surface area contributed by atoms with Crippen LogP contribution >= 0.6 is 11.8 Å². The van der Waals surface area contributed by atoms with Gasteiger partial charge >= 0.3 is 6.09 Å². The van der Waals surface area contributed by atoms with Crippen LogP contribution in [-0.4, -0.2) is 54.0 Å². The first-order valence-electron chi connectivity index (χ1n) is 7.78. The Kier molecular flexibility index (Phi) is 5.58. The van der Waals surface area contributed by atoms with Crippen molar-refractivity contribution in [2.45, 2.75) is 31.3 Å². The molecule has 1 aromatic carbocycles. The van der Waals surface area contributed by atoms with E-state index in [0.717, 1.165) is 22.9 Å². The number of likely N-dealkylation sites (N-methyl/N-ethyl adjacent to an activating group) is 1. The SMILES string of the molecule is CN(CCN1CCSc2cc([N+](=O)[O-])ccc21)C(=O)OC(C)(C)C. The van der Waals surface area contributed by atoms with Crippen LogP contribution < -0.4 is 4.90 Å². The van der Waals surface area contributed by atoms with E-state index in [4.69, 9.17) is 4.74 Å². The van der Waals surface area contributed by atoms with Crippen LogP contribution in [0.25, 0.3) is 0 Å². The molecule has 0 atom stereocenters. The zero-order chi connectivity index (χ0) is 17.9. The lowest BCUT2D eigenvalue weighted by atomic mass is 10.2. The van der Waals surface area contributed by atoms with Crippen molar-refractivity contribution >= 4 is 29.2 Å². The van der Waals surface area contributed by atoms with E-state index in [1.165, 1.54) is 6.07 Å². The van der Waals surface area contributed by atoms with E-state index in [-0.39, 0.29) is 16.7 Å². The molecule has 0 fully saturated rings. The van der Waals surface area contributed by atoms with Crippen LogP contribution in [-0.2, 0) is 4.74 Å². The third-order valence-electron chi connectivity index (χ3n) is 3.52. The van der Waals surface area contributed by atoms with Gasteiger partial charge < -0.3 is 14.5 Å². The molecule has 1 heterocycles. The second kappa shape index (κ2) is 7.29. The van der Waals surface area contributed by atoms with Crippen LogP contribution in [0.1, 0.15) is 20.8 Å². The summed E-state index contributed by atoms with van der Waals surface area (Å²) >= 11 is 1.62. The van der Waals surface area contributed by atoms with Gasteiger partial charge in [0.2, 0.25) is 0 Å². The summed E-state index contributed by atoms with van der Waals surface area (Å²) < 4.78 is 5.34. The molecule has 0 unspecified atom stereocenters. The Morgan fingerprint density at radius 3 is 2.79 bits per heavy atom. The zero-order valence-corrected chi connectivity index (χ0v) is 15.3. The normalized spacial score (nSPS) is 14.1. The standard InChI is InChI=1S/C16H23N3O4S/c1-16(2,3)23-15(20)17(4)7-8-18-9-10-24-14-11-12(19(21)22)5-6-13(14)18/h5-6,11H,7-10H2,1-4H3. The molecule has 1 aliphatic heterocycles. The number of non-ortho nitro benzene ring substituents is 1. The molecule has 1 aliphatic rings. The molecule has 132 valence electrons. The number of amides is 1. The van der Waals surface area contributed by atoms with E-state index in [1.807, 2.05) is 20.8 Å². The average Bonchev–Trinajstić information content (AvgIpc) is 2.50. The Morgan fingerprint density at radius 1 is 1.46 bits per heavy atom. The highest BCUT2D eigenvalue weighted by molar-refractivity contribution is 7.99. The van der Waals surface area contributed by atoms with Crippen LogP contribution in [0.5, 0.6) is 0 Å². The van der Waals surface area contributed by atoms with Crippen LogP contribution in [0.2, 0.25) is 0 Å². The number of fused-ring (bicyclic) bond motifs is 1. The maximum Gasteiger partial charge on any atom is 0.410 e. The van der Waals surface area contributed by atoms with Gasteiger partial charge in [0, 0.05) is 49.5 Å². The fourth-order valence-corrected chi connectivity index (χ4v) is 3.39. The number of nitro benzene ring substituents is 1. The topological polar surface area (TPSA) is 75.9 Å². The zero-order valence-electron chi connectivity index (χ0n) is 14.4. The van der Waals surface area contributed by atoms with Crippen molar-refractivity contribution in [2.24, 2.45) is 0 Å². The molecule has 1 amide bonds. The highest BCUT2D eigenvalue weighted by Gasteiger charge is 2.23. The first-order chi connectivity index (χ1) is 11.2. The minimum Gasteiger partial charge on any atom is -0.444 e. The molecule has 1 aromatic rings. The summed E-state index contributed by atoms with van der Waals surface area (Å²) in [6.07, 6.45) is -0.349. The minimum atomic E-state index is -0.515. The second-order valence-electron chi connectivity index (χ2n) is 6.65. The predicted octanol–water partition coefficient (Wildman–Crippen LogP) is 3.37. The fourth-order valence-electron chi connectivity index (χ4n) is 2.31. The van der Waals surface area contributed by atoms with Crippen LogP contribution in [0, 0.1) is 10.1 Å². The molecule has 0 N–H and O–H groups in total. The first-order valence-corrected chi connectivity index (χ1v) is 8.76. The second-order valence-corrected chi connectivity index (χ2v) is 7.78. The summed E-state index contributed by atoms with van der Waals surface area (Å²) in [5.41, 5.74) is 0.571. The molecule has 0 aromatic heterocycles. The van der Waals surface area contributed by atoms with Gasteiger partial charge in [-0.15, -0.1) is 11.8 Å². The van der Waals surface area contributed by atoms with Gasteiger partial charge in [0.05, 0.1) is 10.6 Å². The minimum absolute atomic E-state index is 0.106. The lowest BCUT2D eigenvalue weighted by Crippen LogP contribution is -2.40. The highest BCUT2D eigenvalue weighted by Crippen LogP contribution is 2.36. The number of rotatable bonds is 4. The van der Waals surface area contributed by atoms with Gasteiger partial charge in [0.1, 0.15) is 5.60 Å². The maximum atomic E-state index is 12.0. The number of benzene rings is 1.